The molecule has 0 aliphatic rings. The van der Waals surface area contributed by atoms with Gasteiger partial charge < -0.3 is 4.79 Å². The largest absolute Gasteiger partial charge is 0.300 e. The van der Waals surface area contributed by atoms with E-state index in [1.54, 1.807) is 0 Å². The van der Waals surface area contributed by atoms with Crippen molar-refractivity contribution in [2.24, 2.45) is 0 Å². The van der Waals surface area contributed by atoms with Crippen LogP contribution in [0.1, 0.15) is 59.8 Å². The van der Waals surface area contributed by atoms with E-state index in [0.717, 1.165) is 0 Å². The number of ketones is 1. The van der Waals surface area contributed by atoms with E-state index in [1.807, 2.05) is 36.4 Å². The van der Waals surface area contributed by atoms with E-state index in [4.69, 9.17) is 0 Å². The zero-order chi connectivity index (χ0) is 13.4. The lowest BCUT2D eigenvalue weighted by molar-refractivity contribution is -0.114. The van der Waals surface area contributed by atoms with Crippen LogP contribution in [0.2, 0.25) is 0 Å². The van der Waals surface area contributed by atoms with Gasteiger partial charge >= 0.3 is 0 Å². The van der Waals surface area contributed by atoms with Crippen LogP contribution in [-0.4, -0.2) is 5.78 Å². The average Bonchev–Trinajstić information content (AvgIpc) is 2.32. The van der Waals surface area contributed by atoms with Crippen LogP contribution in [-0.2, 0) is 4.79 Å². The number of Topliss-reactive ketones (excluding diaryl/α,β-unsaturated/α-hetero) is 1. The van der Waals surface area contributed by atoms with Crippen molar-refractivity contribution in [3.8, 4) is 0 Å². The third kappa shape index (κ3) is 31.3. The number of carbonyl (C=O) groups excluding carboxylic acids is 1. The Labute approximate surface area is 107 Å². The monoisotopic (exact) mass is 236 g/mol. The van der Waals surface area contributed by atoms with Crippen LogP contribution in [0.4, 0.5) is 0 Å². The molecule has 0 aromatic heterocycles. The molecule has 0 radical (unpaired) electrons. The highest BCUT2D eigenvalue weighted by Gasteiger charge is 1.80. The number of rotatable bonds is 4. The molecule has 0 amide bonds. The Morgan fingerprint density at radius 3 is 1.12 bits per heavy atom. The first-order valence-electron chi connectivity index (χ1n) is 6.62. The zero-order valence-electron chi connectivity index (χ0n) is 11.9. The van der Waals surface area contributed by atoms with Crippen molar-refractivity contribution in [2.45, 2.75) is 59.8 Å². The maximum Gasteiger partial charge on any atom is 0.126 e. The van der Waals surface area contributed by atoms with Gasteiger partial charge in [0.2, 0.25) is 0 Å². The Hall–Kier alpha value is -1.11. The molecule has 0 unspecified atom stereocenters. The SMILES string of the molecule is CC(C)=O.CCCCCCC.c1ccccc1. The lowest BCUT2D eigenvalue weighted by Crippen LogP contribution is -1.70. The molecule has 1 heteroatoms. The van der Waals surface area contributed by atoms with Crippen molar-refractivity contribution in [1.82, 2.24) is 0 Å². The molecular formula is C16H28O. The van der Waals surface area contributed by atoms with Gasteiger partial charge in [0.1, 0.15) is 5.78 Å². The molecule has 0 aliphatic heterocycles. The standard InChI is InChI=1S/C7H16.C6H6.C3H6O/c1-3-5-7-6-4-2;1-2-4-6-5-3-1;1-3(2)4/h3-7H2,1-2H3;1-6H;1-2H3. The summed E-state index contributed by atoms with van der Waals surface area (Å²) in [6.45, 7) is 7.55. The molecule has 0 saturated carbocycles. The summed E-state index contributed by atoms with van der Waals surface area (Å²) in [5.74, 6) is 0.167. The summed E-state index contributed by atoms with van der Waals surface area (Å²) in [6, 6.07) is 12.0. The number of hydrogen-bond acceptors (Lipinski definition) is 1. The van der Waals surface area contributed by atoms with Gasteiger partial charge in [-0.2, -0.15) is 0 Å². The van der Waals surface area contributed by atoms with Gasteiger partial charge in [-0.3, -0.25) is 0 Å². The van der Waals surface area contributed by atoms with E-state index < -0.39 is 0 Å². The van der Waals surface area contributed by atoms with Crippen LogP contribution in [0.15, 0.2) is 36.4 Å². The first kappa shape index (κ1) is 18.3. The second-order valence-corrected chi connectivity index (χ2v) is 4.12. The minimum Gasteiger partial charge on any atom is -0.300 e. The van der Waals surface area contributed by atoms with Crippen molar-refractivity contribution >= 4 is 5.78 Å². The lowest BCUT2D eigenvalue weighted by Gasteiger charge is -1.90. The van der Waals surface area contributed by atoms with Crippen LogP contribution in [0.25, 0.3) is 0 Å². The molecule has 0 heterocycles. The molecule has 1 aromatic rings. The van der Waals surface area contributed by atoms with Gasteiger partial charge in [-0.1, -0.05) is 82.3 Å². The molecule has 0 bridgehead atoms. The van der Waals surface area contributed by atoms with Crippen molar-refractivity contribution in [1.29, 1.82) is 0 Å². The minimum atomic E-state index is 0.167. The minimum absolute atomic E-state index is 0.167. The summed E-state index contributed by atoms with van der Waals surface area (Å²) in [5, 5.41) is 0. The van der Waals surface area contributed by atoms with Crippen LogP contribution in [0, 0.1) is 0 Å². The molecule has 0 spiro atoms. The summed E-state index contributed by atoms with van der Waals surface area (Å²) < 4.78 is 0. The summed E-state index contributed by atoms with van der Waals surface area (Å²) >= 11 is 0. The van der Waals surface area contributed by atoms with Gasteiger partial charge in [0.05, 0.1) is 0 Å². The topological polar surface area (TPSA) is 17.1 Å². The molecule has 0 fully saturated rings. The molecule has 0 atom stereocenters. The maximum absolute atomic E-state index is 9.44. The number of benzene rings is 1. The molecule has 0 aliphatic carbocycles. The molecule has 1 rings (SSSR count). The highest BCUT2D eigenvalue weighted by molar-refractivity contribution is 5.72. The fourth-order valence-corrected chi connectivity index (χ4v) is 1.06. The van der Waals surface area contributed by atoms with E-state index in [9.17, 15) is 4.79 Å². The Morgan fingerprint density at radius 1 is 0.706 bits per heavy atom. The van der Waals surface area contributed by atoms with Crippen LogP contribution in [0.5, 0.6) is 0 Å². The van der Waals surface area contributed by atoms with Crippen LogP contribution < -0.4 is 0 Å². The van der Waals surface area contributed by atoms with Crippen LogP contribution in [0.3, 0.4) is 0 Å². The Balaban J connectivity index is 0. The molecule has 98 valence electrons. The van der Waals surface area contributed by atoms with Crippen molar-refractivity contribution in [2.75, 3.05) is 0 Å². The third-order valence-corrected chi connectivity index (χ3v) is 1.87. The predicted octanol–water partition coefficient (Wildman–Crippen LogP) is 5.26. The van der Waals surface area contributed by atoms with Gasteiger partial charge in [-0.25, -0.2) is 0 Å². The number of unbranched alkanes of at least 4 members (excludes halogenated alkanes) is 4. The Kier molecular flexibility index (Phi) is 18.6. The summed E-state index contributed by atoms with van der Waals surface area (Å²) in [7, 11) is 0. The van der Waals surface area contributed by atoms with Crippen molar-refractivity contribution in [3.63, 3.8) is 0 Å². The number of hydrogen-bond donors (Lipinski definition) is 0. The van der Waals surface area contributed by atoms with Gasteiger partial charge in [0.15, 0.2) is 0 Å². The predicted molar refractivity (Wildman–Crippen MR) is 77.2 cm³/mol. The normalized spacial score (nSPS) is 8.24. The second-order valence-electron chi connectivity index (χ2n) is 4.12. The second kappa shape index (κ2) is 17.3. The van der Waals surface area contributed by atoms with Gasteiger partial charge in [-0.05, 0) is 13.8 Å². The van der Waals surface area contributed by atoms with E-state index in [-0.39, 0.29) is 5.78 Å². The summed E-state index contributed by atoms with van der Waals surface area (Å²) in [4.78, 5) is 9.44. The summed E-state index contributed by atoms with van der Waals surface area (Å²) in [5.41, 5.74) is 0. The third-order valence-electron chi connectivity index (χ3n) is 1.87. The number of carbonyl (C=O) groups is 1. The quantitative estimate of drug-likeness (QED) is 0.652. The van der Waals surface area contributed by atoms with E-state index in [1.165, 1.54) is 46.0 Å². The molecule has 1 aromatic carbocycles. The average molecular weight is 236 g/mol. The lowest BCUT2D eigenvalue weighted by atomic mass is 10.2. The van der Waals surface area contributed by atoms with Gasteiger partial charge in [-0.15, -0.1) is 0 Å². The smallest absolute Gasteiger partial charge is 0.126 e. The molecule has 1 nitrogen and oxygen atoms in total. The van der Waals surface area contributed by atoms with E-state index >= 15 is 0 Å². The van der Waals surface area contributed by atoms with Crippen LogP contribution >= 0.6 is 0 Å². The van der Waals surface area contributed by atoms with Gasteiger partial charge in [0, 0.05) is 0 Å². The first-order chi connectivity index (χ1) is 8.15. The highest BCUT2D eigenvalue weighted by Crippen LogP contribution is 2.00. The van der Waals surface area contributed by atoms with Gasteiger partial charge in [0.25, 0.3) is 0 Å². The van der Waals surface area contributed by atoms with Crippen molar-refractivity contribution < 1.29 is 4.79 Å². The van der Waals surface area contributed by atoms with E-state index in [2.05, 4.69) is 13.8 Å². The molecule has 0 saturated heterocycles. The first-order valence-corrected chi connectivity index (χ1v) is 6.62. The van der Waals surface area contributed by atoms with Crippen molar-refractivity contribution in [3.05, 3.63) is 36.4 Å². The fourth-order valence-electron chi connectivity index (χ4n) is 1.06. The highest BCUT2D eigenvalue weighted by atomic mass is 16.1. The zero-order valence-corrected chi connectivity index (χ0v) is 11.9. The van der Waals surface area contributed by atoms with E-state index in [0.29, 0.717) is 0 Å². The molecule has 17 heavy (non-hydrogen) atoms. The Bertz CT molecular complexity index is 194. The maximum atomic E-state index is 9.44. The fraction of sp³-hybridized carbons (Fsp3) is 0.562. The Morgan fingerprint density at radius 2 is 0.941 bits per heavy atom. The molecular weight excluding hydrogens is 208 g/mol. The molecule has 0 N–H and O–H groups in total. The summed E-state index contributed by atoms with van der Waals surface area (Å²) in [6.07, 6.45) is 7.01.